The van der Waals surface area contributed by atoms with Gasteiger partial charge in [0, 0.05) is 6.08 Å². The zero-order valence-corrected chi connectivity index (χ0v) is 6.74. The van der Waals surface area contributed by atoms with Crippen molar-refractivity contribution in [3.05, 3.63) is 11.6 Å². The number of rotatable bonds is 2. The maximum absolute atomic E-state index is 9.73. The van der Waals surface area contributed by atoms with Crippen molar-refractivity contribution in [1.82, 2.24) is 0 Å². The van der Waals surface area contributed by atoms with Crippen LogP contribution >= 0.6 is 0 Å². The van der Waals surface area contributed by atoms with Gasteiger partial charge < -0.3 is 15.3 Å². The summed E-state index contributed by atoms with van der Waals surface area (Å²) in [5.41, 5.74) is 0.813. The Balaban J connectivity index is 0. The highest BCUT2D eigenvalue weighted by Crippen LogP contribution is 1.85. The molecule has 0 bridgehead atoms. The molecule has 0 aliphatic carbocycles. The molecule has 11 heavy (non-hydrogen) atoms. The number of carbonyl (C=O) groups is 1. The molecule has 0 fully saturated rings. The lowest BCUT2D eigenvalue weighted by Gasteiger charge is -1.79. The zero-order chi connectivity index (χ0) is 9.28. The summed E-state index contributed by atoms with van der Waals surface area (Å²) in [5.74, 6) is -0.875. The van der Waals surface area contributed by atoms with E-state index in [-0.39, 0.29) is 13.2 Å². The van der Waals surface area contributed by atoms with Crippen molar-refractivity contribution in [3.63, 3.8) is 0 Å². The largest absolute Gasteiger partial charge is 0.478 e. The van der Waals surface area contributed by atoms with Crippen LogP contribution in [-0.4, -0.2) is 34.5 Å². The van der Waals surface area contributed by atoms with Crippen LogP contribution < -0.4 is 0 Å². The Bertz CT molecular complexity index is 122. The molecule has 4 nitrogen and oxygen atoms in total. The minimum Gasteiger partial charge on any atom is -0.478 e. The predicted octanol–water partition coefficient (Wildman–Crippen LogP) is 0.00820. The van der Waals surface area contributed by atoms with Gasteiger partial charge in [-0.2, -0.15) is 0 Å². The molecular formula is C7H14O4. The topological polar surface area (TPSA) is 77.8 Å². The van der Waals surface area contributed by atoms with E-state index in [1.54, 1.807) is 13.8 Å². The summed E-state index contributed by atoms with van der Waals surface area (Å²) >= 11 is 0. The molecule has 0 aromatic rings. The van der Waals surface area contributed by atoms with Gasteiger partial charge in [0.15, 0.2) is 0 Å². The van der Waals surface area contributed by atoms with Crippen molar-refractivity contribution in [2.45, 2.75) is 13.8 Å². The average molecular weight is 162 g/mol. The van der Waals surface area contributed by atoms with E-state index in [1.807, 2.05) is 0 Å². The number of hydrogen-bond donors (Lipinski definition) is 3. The third kappa shape index (κ3) is 27.2. The van der Waals surface area contributed by atoms with E-state index in [0.717, 1.165) is 5.57 Å². The SMILES string of the molecule is CC(C)=CC(=O)O.OCCO. The van der Waals surface area contributed by atoms with Crippen LogP contribution in [0.25, 0.3) is 0 Å². The number of carboxylic acid groups (broad SMARTS) is 1. The van der Waals surface area contributed by atoms with Crippen LogP contribution in [0.4, 0.5) is 0 Å². The molecule has 0 heterocycles. The molecule has 0 saturated heterocycles. The molecule has 0 unspecified atom stereocenters. The van der Waals surface area contributed by atoms with Gasteiger partial charge >= 0.3 is 5.97 Å². The molecule has 0 aromatic heterocycles. The second kappa shape index (κ2) is 9.13. The maximum Gasteiger partial charge on any atom is 0.328 e. The molecule has 0 radical (unpaired) electrons. The third-order valence-electron chi connectivity index (χ3n) is 0.512. The van der Waals surface area contributed by atoms with Crippen LogP contribution in [0.1, 0.15) is 13.8 Å². The number of carboxylic acids is 1. The molecule has 0 rings (SSSR count). The Hall–Kier alpha value is -0.870. The van der Waals surface area contributed by atoms with Crippen LogP contribution in [0.5, 0.6) is 0 Å². The normalized spacial score (nSPS) is 7.64. The van der Waals surface area contributed by atoms with Crippen LogP contribution in [0, 0.1) is 0 Å². The van der Waals surface area contributed by atoms with Crippen LogP contribution in [-0.2, 0) is 4.79 Å². The molecule has 0 aliphatic heterocycles. The minimum absolute atomic E-state index is 0.125. The third-order valence-corrected chi connectivity index (χ3v) is 0.512. The molecule has 0 aromatic carbocycles. The highest BCUT2D eigenvalue weighted by molar-refractivity contribution is 5.80. The van der Waals surface area contributed by atoms with E-state index in [9.17, 15) is 4.79 Å². The van der Waals surface area contributed by atoms with Crippen LogP contribution in [0.15, 0.2) is 11.6 Å². The first-order chi connectivity index (χ1) is 5.04. The van der Waals surface area contributed by atoms with Crippen molar-refractivity contribution in [2.24, 2.45) is 0 Å². The summed E-state index contributed by atoms with van der Waals surface area (Å²) in [6.45, 7) is 3.24. The summed E-state index contributed by atoms with van der Waals surface area (Å²) in [6, 6.07) is 0. The highest BCUT2D eigenvalue weighted by Gasteiger charge is 1.83. The lowest BCUT2D eigenvalue weighted by Crippen LogP contribution is -1.86. The van der Waals surface area contributed by atoms with Crippen molar-refractivity contribution in [3.8, 4) is 0 Å². The monoisotopic (exact) mass is 162 g/mol. The second-order valence-corrected chi connectivity index (χ2v) is 2.01. The Labute approximate surface area is 65.8 Å². The summed E-state index contributed by atoms with van der Waals surface area (Å²) in [5, 5.41) is 23.3. The van der Waals surface area contributed by atoms with Gasteiger partial charge in [0.2, 0.25) is 0 Å². The van der Waals surface area contributed by atoms with Gasteiger partial charge in [-0.05, 0) is 13.8 Å². The van der Waals surface area contributed by atoms with Crippen LogP contribution in [0.3, 0.4) is 0 Å². The Kier molecular flexibility index (Phi) is 10.6. The molecule has 0 atom stereocenters. The van der Waals surface area contributed by atoms with Crippen molar-refractivity contribution < 1.29 is 20.1 Å². The van der Waals surface area contributed by atoms with Gasteiger partial charge in [-0.1, -0.05) is 5.57 Å². The number of aliphatic carboxylic acids is 1. The lowest BCUT2D eigenvalue weighted by atomic mass is 10.3. The average Bonchev–Trinajstić information content (AvgIpc) is 1.85. The number of aliphatic hydroxyl groups excluding tert-OH is 2. The molecule has 0 spiro atoms. The second-order valence-electron chi connectivity index (χ2n) is 2.01. The standard InChI is InChI=1S/C5H8O2.C2H6O2/c1-4(2)3-5(6)7;3-1-2-4/h3H,1-2H3,(H,6,7);3-4H,1-2H2. The van der Waals surface area contributed by atoms with E-state index in [1.165, 1.54) is 6.08 Å². The maximum atomic E-state index is 9.73. The fourth-order valence-corrected chi connectivity index (χ4v) is 0.247. The molecule has 0 amide bonds. The number of aliphatic hydroxyl groups is 2. The Morgan fingerprint density at radius 2 is 1.64 bits per heavy atom. The van der Waals surface area contributed by atoms with Gasteiger partial charge in [0.05, 0.1) is 13.2 Å². The zero-order valence-electron chi connectivity index (χ0n) is 6.74. The summed E-state index contributed by atoms with van der Waals surface area (Å²) in [4.78, 5) is 9.73. The summed E-state index contributed by atoms with van der Waals surface area (Å²) < 4.78 is 0. The highest BCUT2D eigenvalue weighted by atomic mass is 16.4. The van der Waals surface area contributed by atoms with Crippen molar-refractivity contribution in [1.29, 1.82) is 0 Å². The molecule has 66 valence electrons. The van der Waals surface area contributed by atoms with Crippen LogP contribution in [0.2, 0.25) is 0 Å². The molecular weight excluding hydrogens is 148 g/mol. The van der Waals surface area contributed by atoms with E-state index < -0.39 is 5.97 Å². The van der Waals surface area contributed by atoms with Gasteiger partial charge in [0.1, 0.15) is 0 Å². The molecule has 3 N–H and O–H groups in total. The first kappa shape index (κ1) is 12.8. The minimum atomic E-state index is -0.875. The molecule has 4 heteroatoms. The predicted molar refractivity (Wildman–Crippen MR) is 41.2 cm³/mol. The summed E-state index contributed by atoms with van der Waals surface area (Å²) in [7, 11) is 0. The number of hydrogen-bond acceptors (Lipinski definition) is 3. The molecule has 0 saturated carbocycles. The quantitative estimate of drug-likeness (QED) is 0.500. The van der Waals surface area contributed by atoms with E-state index >= 15 is 0 Å². The number of allylic oxidation sites excluding steroid dienone is 1. The van der Waals surface area contributed by atoms with Crippen molar-refractivity contribution >= 4 is 5.97 Å². The fraction of sp³-hybridized carbons (Fsp3) is 0.571. The van der Waals surface area contributed by atoms with Gasteiger partial charge in [-0.25, -0.2) is 4.79 Å². The lowest BCUT2D eigenvalue weighted by molar-refractivity contribution is -0.131. The fourth-order valence-electron chi connectivity index (χ4n) is 0.247. The summed E-state index contributed by atoms with van der Waals surface area (Å²) in [6.07, 6.45) is 1.17. The molecule has 0 aliphatic rings. The smallest absolute Gasteiger partial charge is 0.328 e. The Morgan fingerprint density at radius 1 is 1.27 bits per heavy atom. The van der Waals surface area contributed by atoms with E-state index in [4.69, 9.17) is 15.3 Å². The van der Waals surface area contributed by atoms with Crippen molar-refractivity contribution in [2.75, 3.05) is 13.2 Å². The first-order valence-electron chi connectivity index (χ1n) is 3.14. The van der Waals surface area contributed by atoms with Gasteiger partial charge in [-0.3, -0.25) is 0 Å². The van der Waals surface area contributed by atoms with E-state index in [0.29, 0.717) is 0 Å². The van der Waals surface area contributed by atoms with E-state index in [2.05, 4.69) is 0 Å². The Morgan fingerprint density at radius 3 is 1.64 bits per heavy atom. The first-order valence-corrected chi connectivity index (χ1v) is 3.14. The van der Waals surface area contributed by atoms with Gasteiger partial charge in [-0.15, -0.1) is 0 Å². The van der Waals surface area contributed by atoms with Gasteiger partial charge in [0.25, 0.3) is 0 Å².